The monoisotopic (exact) mass is 290 g/mol. The number of hydrogen-bond acceptors (Lipinski definition) is 4. The van der Waals surface area contributed by atoms with Crippen LogP contribution in [-0.2, 0) is 6.54 Å². The summed E-state index contributed by atoms with van der Waals surface area (Å²) in [6.07, 6.45) is 5.68. The third kappa shape index (κ3) is 4.79. The van der Waals surface area contributed by atoms with Gasteiger partial charge in [-0.15, -0.1) is 0 Å². The van der Waals surface area contributed by atoms with Crippen LogP contribution < -0.4 is 5.32 Å². The van der Waals surface area contributed by atoms with E-state index in [4.69, 9.17) is 0 Å². The van der Waals surface area contributed by atoms with Gasteiger partial charge in [-0.1, -0.05) is 12.5 Å². The second kappa shape index (κ2) is 8.10. The van der Waals surface area contributed by atoms with E-state index in [1.54, 1.807) is 11.1 Å². The molecule has 5 nitrogen and oxygen atoms in total. The fraction of sp³-hybridized carbons (Fsp3) is 0.625. The number of piperidine rings is 1. The van der Waals surface area contributed by atoms with Crippen molar-refractivity contribution in [3.05, 3.63) is 29.6 Å². The smallest absolute Gasteiger partial charge is 0.272 e. The molecule has 2 rings (SSSR count). The van der Waals surface area contributed by atoms with Crippen LogP contribution in [0.4, 0.5) is 0 Å². The molecule has 0 bridgehead atoms. The van der Waals surface area contributed by atoms with Gasteiger partial charge in [-0.2, -0.15) is 0 Å². The van der Waals surface area contributed by atoms with Crippen LogP contribution in [0.5, 0.6) is 0 Å². The highest BCUT2D eigenvalue weighted by Crippen LogP contribution is 2.09. The van der Waals surface area contributed by atoms with Gasteiger partial charge in [0.05, 0.1) is 0 Å². The zero-order valence-corrected chi connectivity index (χ0v) is 13.1. The molecule has 0 radical (unpaired) electrons. The first-order valence-corrected chi connectivity index (χ1v) is 7.78. The Kier molecular flexibility index (Phi) is 6.14. The van der Waals surface area contributed by atoms with E-state index >= 15 is 0 Å². The molecular formula is C16H26N4O. The molecule has 0 saturated carbocycles. The standard InChI is InChI=1S/C16H26N4O/c1-17-12-14-6-7-15(18-13-14)16(21)19(2)10-11-20-8-4-3-5-9-20/h6-7,13,17H,3-5,8-12H2,1-2H3. The summed E-state index contributed by atoms with van der Waals surface area (Å²) in [5.41, 5.74) is 1.61. The van der Waals surface area contributed by atoms with Gasteiger partial charge in [0.2, 0.25) is 0 Å². The minimum absolute atomic E-state index is 0.00279. The van der Waals surface area contributed by atoms with Crippen LogP contribution >= 0.6 is 0 Å². The van der Waals surface area contributed by atoms with E-state index in [-0.39, 0.29) is 5.91 Å². The molecule has 1 saturated heterocycles. The number of aromatic nitrogens is 1. The summed E-state index contributed by atoms with van der Waals surface area (Å²) in [7, 11) is 3.75. The number of hydrogen-bond donors (Lipinski definition) is 1. The first kappa shape index (κ1) is 15.9. The lowest BCUT2D eigenvalue weighted by molar-refractivity contribution is 0.0767. The second-order valence-corrected chi connectivity index (χ2v) is 5.71. The molecule has 116 valence electrons. The predicted octanol–water partition coefficient (Wildman–Crippen LogP) is 1.36. The summed E-state index contributed by atoms with van der Waals surface area (Å²) < 4.78 is 0. The minimum atomic E-state index is 0.00279. The highest BCUT2D eigenvalue weighted by molar-refractivity contribution is 5.92. The highest BCUT2D eigenvalue weighted by Gasteiger charge is 2.15. The van der Waals surface area contributed by atoms with Crippen LogP contribution in [0.3, 0.4) is 0 Å². The minimum Gasteiger partial charge on any atom is -0.339 e. The molecule has 21 heavy (non-hydrogen) atoms. The van der Waals surface area contributed by atoms with Crippen molar-refractivity contribution in [3.8, 4) is 0 Å². The van der Waals surface area contributed by atoms with E-state index in [1.807, 2.05) is 26.2 Å². The Morgan fingerprint density at radius 1 is 1.33 bits per heavy atom. The fourth-order valence-corrected chi connectivity index (χ4v) is 2.63. The van der Waals surface area contributed by atoms with Crippen LogP contribution in [-0.4, -0.2) is 61.0 Å². The number of rotatable bonds is 6. The van der Waals surface area contributed by atoms with Gasteiger partial charge in [0.1, 0.15) is 5.69 Å². The summed E-state index contributed by atoms with van der Waals surface area (Å²) in [6.45, 7) is 4.82. The van der Waals surface area contributed by atoms with Gasteiger partial charge in [0.15, 0.2) is 0 Å². The molecule has 0 atom stereocenters. The van der Waals surface area contributed by atoms with Crippen molar-refractivity contribution in [2.45, 2.75) is 25.8 Å². The van der Waals surface area contributed by atoms with E-state index in [2.05, 4.69) is 15.2 Å². The SMILES string of the molecule is CNCc1ccc(C(=O)N(C)CCN2CCCCC2)nc1. The molecule has 0 aliphatic carbocycles. The third-order valence-corrected chi connectivity index (χ3v) is 3.97. The summed E-state index contributed by atoms with van der Waals surface area (Å²) >= 11 is 0. The van der Waals surface area contributed by atoms with Crippen molar-refractivity contribution in [2.24, 2.45) is 0 Å². The van der Waals surface area contributed by atoms with Crippen LogP contribution in [0.2, 0.25) is 0 Å². The van der Waals surface area contributed by atoms with E-state index in [0.29, 0.717) is 5.69 Å². The number of nitrogens with one attached hydrogen (secondary N) is 1. The third-order valence-electron chi connectivity index (χ3n) is 3.97. The van der Waals surface area contributed by atoms with E-state index in [1.165, 1.54) is 32.4 Å². The van der Waals surface area contributed by atoms with Crippen LogP contribution in [0.15, 0.2) is 18.3 Å². The Morgan fingerprint density at radius 2 is 2.10 bits per heavy atom. The van der Waals surface area contributed by atoms with Gasteiger partial charge in [-0.3, -0.25) is 9.78 Å². The van der Waals surface area contributed by atoms with Gasteiger partial charge in [0, 0.05) is 32.9 Å². The normalized spacial score (nSPS) is 15.9. The number of likely N-dealkylation sites (N-methyl/N-ethyl adjacent to an activating group) is 1. The topological polar surface area (TPSA) is 48.5 Å². The van der Waals surface area contributed by atoms with Crippen molar-refractivity contribution in [3.63, 3.8) is 0 Å². The summed E-state index contributed by atoms with van der Waals surface area (Å²) in [5.74, 6) is 0.00279. The number of nitrogens with zero attached hydrogens (tertiary/aromatic N) is 3. The first-order valence-electron chi connectivity index (χ1n) is 7.78. The lowest BCUT2D eigenvalue weighted by atomic mass is 10.1. The zero-order chi connectivity index (χ0) is 15.1. The molecule has 1 N–H and O–H groups in total. The van der Waals surface area contributed by atoms with Crippen molar-refractivity contribution in [1.82, 2.24) is 20.1 Å². The molecule has 1 aliphatic rings. The molecule has 5 heteroatoms. The quantitative estimate of drug-likeness (QED) is 0.859. The van der Waals surface area contributed by atoms with Gasteiger partial charge < -0.3 is 15.1 Å². The Morgan fingerprint density at radius 3 is 2.71 bits per heavy atom. The number of carbonyl (C=O) groups excluding carboxylic acids is 1. The molecule has 1 aromatic heterocycles. The van der Waals surface area contributed by atoms with Crippen molar-refractivity contribution in [1.29, 1.82) is 0 Å². The summed E-state index contributed by atoms with van der Waals surface area (Å²) in [6, 6.07) is 3.77. The lowest BCUT2D eigenvalue weighted by Gasteiger charge is -2.28. The molecule has 0 unspecified atom stereocenters. The second-order valence-electron chi connectivity index (χ2n) is 5.71. The maximum Gasteiger partial charge on any atom is 0.272 e. The van der Waals surface area contributed by atoms with Crippen LogP contribution in [0, 0.1) is 0 Å². The van der Waals surface area contributed by atoms with E-state index < -0.39 is 0 Å². The molecule has 2 heterocycles. The van der Waals surface area contributed by atoms with E-state index in [0.717, 1.165) is 25.2 Å². The molecule has 1 aliphatic heterocycles. The predicted molar refractivity (Wildman–Crippen MR) is 84.3 cm³/mol. The maximum atomic E-state index is 12.3. The fourth-order valence-electron chi connectivity index (χ4n) is 2.63. The van der Waals surface area contributed by atoms with E-state index in [9.17, 15) is 4.79 Å². The number of carbonyl (C=O) groups is 1. The number of likely N-dealkylation sites (tertiary alicyclic amines) is 1. The van der Waals surface area contributed by atoms with Crippen LogP contribution in [0.1, 0.15) is 35.3 Å². The molecule has 1 aromatic rings. The van der Waals surface area contributed by atoms with Gasteiger partial charge in [-0.25, -0.2) is 0 Å². The van der Waals surface area contributed by atoms with Gasteiger partial charge >= 0.3 is 0 Å². The maximum absolute atomic E-state index is 12.3. The number of amides is 1. The Bertz CT molecular complexity index is 440. The largest absolute Gasteiger partial charge is 0.339 e. The van der Waals surface area contributed by atoms with Gasteiger partial charge in [0.25, 0.3) is 5.91 Å². The average molecular weight is 290 g/mol. The van der Waals surface area contributed by atoms with Crippen molar-refractivity contribution < 1.29 is 4.79 Å². The highest BCUT2D eigenvalue weighted by atomic mass is 16.2. The Balaban J connectivity index is 1.83. The molecule has 0 spiro atoms. The Labute approximate surface area is 127 Å². The summed E-state index contributed by atoms with van der Waals surface area (Å²) in [5, 5.41) is 3.07. The summed E-state index contributed by atoms with van der Waals surface area (Å²) in [4.78, 5) is 20.8. The molecule has 1 fully saturated rings. The van der Waals surface area contributed by atoms with Crippen LogP contribution in [0.25, 0.3) is 0 Å². The lowest BCUT2D eigenvalue weighted by Crippen LogP contribution is -2.38. The van der Waals surface area contributed by atoms with Crippen molar-refractivity contribution in [2.75, 3.05) is 40.3 Å². The molecular weight excluding hydrogens is 264 g/mol. The average Bonchev–Trinajstić information content (AvgIpc) is 2.54. The molecule has 0 aromatic carbocycles. The molecule has 1 amide bonds. The zero-order valence-electron chi connectivity index (χ0n) is 13.1. The van der Waals surface area contributed by atoms with Gasteiger partial charge in [-0.05, 0) is 44.6 Å². The number of pyridine rings is 1. The first-order chi connectivity index (χ1) is 10.2. The van der Waals surface area contributed by atoms with Crippen molar-refractivity contribution >= 4 is 5.91 Å². The Hall–Kier alpha value is -1.46.